The summed E-state index contributed by atoms with van der Waals surface area (Å²) in [5.41, 5.74) is 8.86. The van der Waals surface area contributed by atoms with E-state index in [1.807, 2.05) is 0 Å². The van der Waals surface area contributed by atoms with Crippen LogP contribution >= 0.6 is 0 Å². The summed E-state index contributed by atoms with van der Waals surface area (Å²) in [6.07, 6.45) is 8.81. The number of hydrogen-bond acceptors (Lipinski definition) is 2. The molecule has 0 bridgehead atoms. The largest absolute Gasteiger partial charge is 0.361 e. The third-order valence-corrected chi connectivity index (χ3v) is 2.19. The molecule has 1 aliphatic heterocycles. The monoisotopic (exact) mass is 201 g/mol. The van der Waals surface area contributed by atoms with E-state index in [4.69, 9.17) is 5.53 Å². The molecule has 0 unspecified atom stereocenters. The molecule has 0 spiro atoms. The van der Waals surface area contributed by atoms with Gasteiger partial charge in [0, 0.05) is 24.3 Å². The summed E-state index contributed by atoms with van der Waals surface area (Å²) in [5.74, 6) is -0.660. The van der Waals surface area contributed by atoms with Gasteiger partial charge in [0.2, 0.25) is 0 Å². The van der Waals surface area contributed by atoms with E-state index in [0.29, 0.717) is 5.71 Å². The average molecular weight is 201 g/mol. The molecule has 15 heavy (non-hydrogen) atoms. The van der Waals surface area contributed by atoms with E-state index in [9.17, 15) is 9.59 Å². The molecule has 74 valence electrons. The van der Waals surface area contributed by atoms with Gasteiger partial charge >= 0.3 is 5.71 Å². The molecule has 0 saturated heterocycles. The first-order valence-corrected chi connectivity index (χ1v) is 4.36. The molecule has 5 heteroatoms. The number of amides is 2. The van der Waals surface area contributed by atoms with E-state index in [1.165, 1.54) is 12.2 Å². The highest BCUT2D eigenvalue weighted by atomic mass is 16.2. The fourth-order valence-electron chi connectivity index (χ4n) is 1.46. The molecule has 5 nitrogen and oxygen atoms in total. The van der Waals surface area contributed by atoms with Crippen molar-refractivity contribution in [3.63, 3.8) is 0 Å². The van der Waals surface area contributed by atoms with Crippen molar-refractivity contribution < 1.29 is 14.4 Å². The second-order valence-electron chi connectivity index (χ2n) is 3.11. The van der Waals surface area contributed by atoms with Crippen molar-refractivity contribution in [1.82, 2.24) is 4.90 Å². The Morgan fingerprint density at radius 2 is 1.60 bits per heavy atom. The lowest BCUT2D eigenvalue weighted by atomic mass is 10.1. The lowest BCUT2D eigenvalue weighted by molar-refractivity contribution is -0.137. The normalized spacial score (nSPS) is 23.9. The molecule has 0 aromatic heterocycles. The first-order valence-electron chi connectivity index (χ1n) is 4.36. The van der Waals surface area contributed by atoms with Crippen LogP contribution in [0.15, 0.2) is 36.5 Å². The number of nitrogens with zero attached hydrogens (tertiary/aromatic N) is 3. The van der Waals surface area contributed by atoms with Crippen LogP contribution in [0, 0.1) is 0 Å². The van der Waals surface area contributed by atoms with Crippen molar-refractivity contribution >= 4 is 17.5 Å². The zero-order chi connectivity index (χ0) is 10.8. The average Bonchev–Trinajstić information content (AvgIpc) is 2.59. The number of allylic oxidation sites excluding steroid dienone is 2. The van der Waals surface area contributed by atoms with Gasteiger partial charge in [-0.05, 0) is 12.2 Å². The molecular formula is C10H7N3O2. The molecule has 0 N–H and O–H groups in total. The molecule has 0 radical (unpaired) electrons. The second-order valence-corrected chi connectivity index (χ2v) is 3.11. The van der Waals surface area contributed by atoms with Gasteiger partial charge in [0.25, 0.3) is 11.8 Å². The van der Waals surface area contributed by atoms with Crippen LogP contribution in [-0.4, -0.2) is 33.3 Å². The summed E-state index contributed by atoms with van der Waals surface area (Å²) < 4.78 is 0. The topological polar surface area (TPSA) is 73.8 Å². The molecule has 0 atom stereocenters. The number of rotatable bonds is 1. The quantitative estimate of drug-likeness (QED) is 0.342. The van der Waals surface area contributed by atoms with Crippen molar-refractivity contribution in [3.8, 4) is 0 Å². The first-order chi connectivity index (χ1) is 7.22. The summed E-state index contributed by atoms with van der Waals surface area (Å²) in [6.45, 7) is 0. The SMILES string of the molecule is [N-]=[N+]=C1C=CC(N2C(=O)C=CC2=O)C=C1. The predicted molar refractivity (Wildman–Crippen MR) is 51.7 cm³/mol. The minimum Gasteiger partial charge on any atom is -0.361 e. The van der Waals surface area contributed by atoms with Crippen LogP contribution in [0.25, 0.3) is 5.53 Å². The van der Waals surface area contributed by atoms with Gasteiger partial charge in [-0.1, -0.05) is 0 Å². The van der Waals surface area contributed by atoms with Crippen LogP contribution in [0.1, 0.15) is 0 Å². The van der Waals surface area contributed by atoms with Crippen LogP contribution in [0.4, 0.5) is 0 Å². The number of carbonyl (C=O) groups excluding carboxylic acids is 2. The van der Waals surface area contributed by atoms with Gasteiger partial charge in [0.1, 0.15) is 0 Å². The number of imide groups is 1. The Labute approximate surface area is 85.6 Å². The highest BCUT2D eigenvalue weighted by Gasteiger charge is 2.29. The number of carbonyl (C=O) groups is 2. The molecule has 1 aliphatic carbocycles. The molecule has 0 saturated carbocycles. The van der Waals surface area contributed by atoms with Gasteiger partial charge in [0.05, 0.1) is 6.04 Å². The van der Waals surface area contributed by atoms with Crippen molar-refractivity contribution in [2.24, 2.45) is 0 Å². The summed E-state index contributed by atoms with van der Waals surface area (Å²) >= 11 is 0. The Bertz CT molecular complexity index is 433. The van der Waals surface area contributed by atoms with Gasteiger partial charge in [0.15, 0.2) is 0 Å². The van der Waals surface area contributed by atoms with Gasteiger partial charge in [-0.15, -0.1) is 0 Å². The second kappa shape index (κ2) is 3.48. The van der Waals surface area contributed by atoms with Crippen LogP contribution in [0.2, 0.25) is 0 Å². The molecule has 0 fully saturated rings. The van der Waals surface area contributed by atoms with Crippen LogP contribution < -0.4 is 0 Å². The maximum absolute atomic E-state index is 11.3. The minimum atomic E-state index is -0.398. The zero-order valence-electron chi connectivity index (χ0n) is 7.70. The van der Waals surface area contributed by atoms with Crippen molar-refractivity contribution in [1.29, 1.82) is 0 Å². The van der Waals surface area contributed by atoms with Gasteiger partial charge in [-0.25, -0.2) is 0 Å². The molecule has 0 aromatic carbocycles. The summed E-state index contributed by atoms with van der Waals surface area (Å²) in [7, 11) is 0. The molecule has 1 heterocycles. The molecule has 2 rings (SSSR count). The third-order valence-electron chi connectivity index (χ3n) is 2.19. The Balaban J connectivity index is 2.22. The summed E-state index contributed by atoms with van der Waals surface area (Å²) in [6, 6.07) is -0.398. The van der Waals surface area contributed by atoms with Crippen molar-refractivity contribution in [3.05, 3.63) is 42.0 Å². The lowest BCUT2D eigenvalue weighted by Gasteiger charge is -2.20. The van der Waals surface area contributed by atoms with Crippen LogP contribution in [0.5, 0.6) is 0 Å². The highest BCUT2D eigenvalue weighted by Crippen LogP contribution is 2.13. The molecular weight excluding hydrogens is 194 g/mol. The summed E-state index contributed by atoms with van der Waals surface area (Å²) in [5, 5.41) is 0. The Hall–Kier alpha value is -2.26. The van der Waals surface area contributed by atoms with E-state index in [2.05, 4.69) is 4.79 Å². The predicted octanol–water partition coefficient (Wildman–Crippen LogP) is 0.0768. The smallest absolute Gasteiger partial charge is 0.314 e. The fraction of sp³-hybridized carbons (Fsp3) is 0.100. The Morgan fingerprint density at radius 3 is 2.07 bits per heavy atom. The van der Waals surface area contributed by atoms with Gasteiger partial charge in [-0.3, -0.25) is 14.5 Å². The van der Waals surface area contributed by atoms with Crippen LogP contribution in [-0.2, 0) is 9.59 Å². The van der Waals surface area contributed by atoms with E-state index in [1.54, 1.807) is 24.3 Å². The molecule has 2 amide bonds. The maximum Gasteiger partial charge on any atom is 0.314 e. The number of hydrogen-bond donors (Lipinski definition) is 0. The Morgan fingerprint density at radius 1 is 1.07 bits per heavy atom. The van der Waals surface area contributed by atoms with Crippen LogP contribution in [0.3, 0.4) is 0 Å². The fourth-order valence-corrected chi connectivity index (χ4v) is 1.46. The summed E-state index contributed by atoms with van der Waals surface area (Å²) in [4.78, 5) is 26.7. The van der Waals surface area contributed by atoms with E-state index in [-0.39, 0.29) is 11.8 Å². The zero-order valence-corrected chi connectivity index (χ0v) is 7.70. The van der Waals surface area contributed by atoms with Crippen molar-refractivity contribution in [2.45, 2.75) is 6.04 Å². The van der Waals surface area contributed by atoms with Crippen molar-refractivity contribution in [2.75, 3.05) is 0 Å². The Kier molecular flexibility index (Phi) is 2.15. The molecule has 0 aromatic rings. The maximum atomic E-state index is 11.3. The highest BCUT2D eigenvalue weighted by molar-refractivity contribution is 6.13. The van der Waals surface area contributed by atoms with Gasteiger partial charge < -0.3 is 5.53 Å². The minimum absolute atomic E-state index is 0.330. The van der Waals surface area contributed by atoms with E-state index >= 15 is 0 Å². The van der Waals surface area contributed by atoms with E-state index < -0.39 is 6.04 Å². The first kappa shape index (κ1) is 9.30. The van der Waals surface area contributed by atoms with E-state index in [0.717, 1.165) is 4.90 Å². The molecule has 2 aliphatic rings. The van der Waals surface area contributed by atoms with Gasteiger partial charge in [-0.2, -0.15) is 4.79 Å². The lowest BCUT2D eigenvalue weighted by Crippen LogP contribution is -2.38. The third kappa shape index (κ3) is 1.56. The standard InChI is InChI=1S/C10H7N3O2/c11-12-7-1-3-8(4-2-7)13-9(14)5-6-10(13)15/h1-6,8H.